The number of anilines is 1. The van der Waals surface area contributed by atoms with Crippen LogP contribution >= 0.6 is 11.8 Å². The van der Waals surface area contributed by atoms with E-state index in [1.54, 1.807) is 36.5 Å². The predicted molar refractivity (Wildman–Crippen MR) is 147 cm³/mol. The molecule has 0 aliphatic carbocycles. The van der Waals surface area contributed by atoms with E-state index < -0.39 is 0 Å². The van der Waals surface area contributed by atoms with Gasteiger partial charge in [0.05, 0.1) is 30.5 Å². The van der Waals surface area contributed by atoms with Gasteiger partial charge in [0.2, 0.25) is 0 Å². The fourth-order valence-electron chi connectivity index (χ4n) is 4.91. The van der Waals surface area contributed by atoms with E-state index in [-0.39, 0.29) is 29.7 Å². The van der Waals surface area contributed by atoms with E-state index in [2.05, 4.69) is 25.7 Å². The molecule has 8 heteroatoms. The molecule has 1 fully saturated rings. The van der Waals surface area contributed by atoms with Gasteiger partial charge < -0.3 is 14.1 Å². The molecular weight excluding hydrogens is 489 g/mol. The number of carbonyl (C=O) groups is 1. The summed E-state index contributed by atoms with van der Waals surface area (Å²) in [5.74, 6) is 1.04. The summed E-state index contributed by atoms with van der Waals surface area (Å²) < 4.78 is 26.1. The van der Waals surface area contributed by atoms with Gasteiger partial charge in [0.25, 0.3) is 5.91 Å². The molecule has 1 amide bonds. The second kappa shape index (κ2) is 9.74. The first-order valence-corrected chi connectivity index (χ1v) is 13.0. The average molecular weight is 520 g/mol. The van der Waals surface area contributed by atoms with Crippen molar-refractivity contribution >= 4 is 40.3 Å². The van der Waals surface area contributed by atoms with Gasteiger partial charge in [0.15, 0.2) is 5.17 Å². The highest BCUT2D eigenvalue weighted by Crippen LogP contribution is 2.44. The molecule has 2 aliphatic heterocycles. The molecule has 5 rings (SSSR count). The summed E-state index contributed by atoms with van der Waals surface area (Å²) in [6, 6.07) is 14.4. The van der Waals surface area contributed by atoms with Crippen molar-refractivity contribution in [2.45, 2.75) is 45.2 Å². The van der Waals surface area contributed by atoms with Gasteiger partial charge >= 0.3 is 0 Å². The zero-order chi connectivity index (χ0) is 26.3. The van der Waals surface area contributed by atoms with E-state index in [4.69, 9.17) is 14.1 Å². The van der Waals surface area contributed by atoms with Crippen LogP contribution in [-0.2, 0) is 11.3 Å². The van der Waals surface area contributed by atoms with E-state index in [1.165, 1.54) is 11.8 Å². The Morgan fingerprint density at radius 1 is 1.24 bits per heavy atom. The van der Waals surface area contributed by atoms with Crippen LogP contribution in [0.25, 0.3) is 6.08 Å². The largest absolute Gasteiger partial charge is 0.497 e. The molecule has 0 radical (unpaired) electrons. The van der Waals surface area contributed by atoms with Gasteiger partial charge in [-0.15, -0.1) is 0 Å². The molecule has 3 aromatic rings. The second-order valence-corrected chi connectivity index (χ2v) is 11.1. The molecule has 37 heavy (non-hydrogen) atoms. The number of halogens is 1. The monoisotopic (exact) mass is 519 g/mol. The van der Waals surface area contributed by atoms with Crippen LogP contribution in [0.1, 0.15) is 50.0 Å². The maximum absolute atomic E-state index is 15.4. The molecule has 0 saturated carbocycles. The number of fused-ring (bicyclic) bond motifs is 1. The van der Waals surface area contributed by atoms with Crippen LogP contribution in [0.2, 0.25) is 0 Å². The van der Waals surface area contributed by atoms with Gasteiger partial charge in [-0.3, -0.25) is 9.69 Å². The lowest BCUT2D eigenvalue weighted by molar-refractivity contribution is -0.122. The number of amidine groups is 1. The molecular formula is C29H30FN3O3S. The van der Waals surface area contributed by atoms with Gasteiger partial charge in [-0.1, -0.05) is 6.92 Å². The molecule has 2 aliphatic rings. The average Bonchev–Trinajstić information content (AvgIpc) is 3.48. The molecule has 1 unspecified atom stereocenters. The Hall–Kier alpha value is -3.52. The summed E-state index contributed by atoms with van der Waals surface area (Å²) in [4.78, 5) is 22.3. The summed E-state index contributed by atoms with van der Waals surface area (Å²) in [7, 11) is 3.61. The van der Waals surface area contributed by atoms with Crippen molar-refractivity contribution in [1.82, 2.24) is 4.90 Å². The van der Waals surface area contributed by atoms with Crippen molar-refractivity contribution < 1.29 is 18.3 Å². The Balaban J connectivity index is 1.52. The lowest BCUT2D eigenvalue weighted by atomic mass is 9.80. The molecule has 0 bridgehead atoms. The number of carbonyl (C=O) groups excluding carboxylic acids is 1. The lowest BCUT2D eigenvalue weighted by Crippen LogP contribution is -2.45. The predicted octanol–water partition coefficient (Wildman–Crippen LogP) is 6.95. The fourth-order valence-corrected chi connectivity index (χ4v) is 5.90. The van der Waals surface area contributed by atoms with Crippen LogP contribution < -0.4 is 9.64 Å². The number of rotatable bonds is 5. The zero-order valence-corrected chi connectivity index (χ0v) is 22.4. The Morgan fingerprint density at radius 3 is 2.68 bits per heavy atom. The minimum absolute atomic E-state index is 0.0602. The summed E-state index contributed by atoms with van der Waals surface area (Å²) in [6.07, 6.45) is 4.17. The van der Waals surface area contributed by atoms with Gasteiger partial charge in [0.1, 0.15) is 17.3 Å². The molecule has 1 aromatic heterocycles. The summed E-state index contributed by atoms with van der Waals surface area (Å²) in [5, 5.41) is 0.506. The number of nitrogens with zero attached hydrogens (tertiary/aromatic N) is 3. The van der Waals surface area contributed by atoms with Gasteiger partial charge in [-0.05, 0) is 98.1 Å². The first-order chi connectivity index (χ1) is 17.7. The van der Waals surface area contributed by atoms with Crippen molar-refractivity contribution in [3.8, 4) is 5.75 Å². The van der Waals surface area contributed by atoms with E-state index >= 15 is 4.39 Å². The van der Waals surface area contributed by atoms with E-state index in [1.807, 2.05) is 43.4 Å². The maximum atomic E-state index is 15.4. The Morgan fingerprint density at radius 2 is 2.00 bits per heavy atom. The topological polar surface area (TPSA) is 58.3 Å². The van der Waals surface area contributed by atoms with Crippen LogP contribution in [0.5, 0.6) is 5.75 Å². The number of hydrogen-bond acceptors (Lipinski definition) is 6. The summed E-state index contributed by atoms with van der Waals surface area (Å²) in [5.41, 5.74) is 3.01. The smallest absolute Gasteiger partial charge is 0.267 e. The third-order valence-corrected chi connectivity index (χ3v) is 8.12. The number of hydrogen-bond donors (Lipinski definition) is 0. The number of thioether (sulfide) groups is 1. The summed E-state index contributed by atoms with van der Waals surface area (Å²) >= 11 is 1.23. The lowest BCUT2D eigenvalue weighted by Gasteiger charge is -2.45. The molecule has 1 atom stereocenters. The quantitative estimate of drug-likeness (QED) is 0.341. The Labute approximate surface area is 220 Å². The number of amides is 1. The van der Waals surface area contributed by atoms with Crippen molar-refractivity contribution in [2.24, 2.45) is 4.99 Å². The van der Waals surface area contributed by atoms with Crippen molar-refractivity contribution in [3.63, 3.8) is 0 Å². The highest BCUT2D eigenvalue weighted by atomic mass is 32.2. The third-order valence-electron chi connectivity index (χ3n) is 7.12. The number of aliphatic imine (C=N–C) groups is 1. The molecule has 1 saturated heterocycles. The van der Waals surface area contributed by atoms with E-state index in [0.29, 0.717) is 27.1 Å². The van der Waals surface area contributed by atoms with Gasteiger partial charge in [-0.2, -0.15) is 0 Å². The van der Waals surface area contributed by atoms with Crippen LogP contribution in [0.3, 0.4) is 0 Å². The minimum atomic E-state index is -0.352. The van der Waals surface area contributed by atoms with E-state index in [9.17, 15) is 4.79 Å². The van der Waals surface area contributed by atoms with E-state index in [0.717, 1.165) is 23.4 Å². The minimum Gasteiger partial charge on any atom is -0.497 e. The highest BCUT2D eigenvalue weighted by molar-refractivity contribution is 8.18. The molecule has 192 valence electrons. The normalized spacial score (nSPS) is 21.1. The molecule has 0 spiro atoms. The molecule has 2 aromatic carbocycles. The van der Waals surface area contributed by atoms with Gasteiger partial charge in [0, 0.05) is 23.8 Å². The summed E-state index contributed by atoms with van der Waals surface area (Å²) in [6.45, 7) is 6.74. The molecule has 3 heterocycles. The number of furan rings is 1. The number of methoxy groups -OCH3 is 1. The fraction of sp³-hybridized carbons (Fsp3) is 0.310. The van der Waals surface area contributed by atoms with Crippen LogP contribution in [-0.4, -0.2) is 35.7 Å². The van der Waals surface area contributed by atoms with Crippen LogP contribution in [0.15, 0.2) is 69.1 Å². The van der Waals surface area contributed by atoms with Crippen molar-refractivity contribution in [3.05, 3.63) is 82.4 Å². The van der Waals surface area contributed by atoms with Crippen molar-refractivity contribution in [2.75, 3.05) is 19.1 Å². The molecule has 6 nitrogen and oxygen atoms in total. The molecule has 0 N–H and O–H groups in total. The standard InChI is InChI=1S/C29H30FN3O3S/c1-18-16-29(2,3)32(4)25-15-24(30)19(13-23(18)25)14-26-27(34)33(17-22-7-6-12-36-22)28(37-26)31-20-8-10-21(35-5)11-9-20/h6-15,18H,16-17H2,1-5H3/b26-14+,31-28?. The zero-order valence-electron chi connectivity index (χ0n) is 21.6. The Kier molecular flexibility index (Phi) is 6.62. The third kappa shape index (κ3) is 4.90. The number of ether oxygens (including phenoxy) is 1. The van der Waals surface area contributed by atoms with Gasteiger partial charge in [-0.25, -0.2) is 9.38 Å². The first-order valence-electron chi connectivity index (χ1n) is 12.2. The highest BCUT2D eigenvalue weighted by Gasteiger charge is 2.36. The van der Waals surface area contributed by atoms with Crippen molar-refractivity contribution in [1.29, 1.82) is 0 Å². The maximum Gasteiger partial charge on any atom is 0.267 e. The number of benzene rings is 2. The SMILES string of the molecule is COc1ccc(N=C2S/C(=C/c3cc4c(cc3F)N(C)C(C)(C)CC4C)C(=O)N2Cc2ccco2)cc1. The second-order valence-electron chi connectivity index (χ2n) is 10.1. The first kappa shape index (κ1) is 25.1. The Bertz CT molecular complexity index is 1380. The van der Waals surface area contributed by atoms with Crippen LogP contribution in [0, 0.1) is 5.82 Å². The van der Waals surface area contributed by atoms with Crippen LogP contribution in [0.4, 0.5) is 15.8 Å².